The van der Waals surface area contributed by atoms with E-state index in [0.717, 1.165) is 17.6 Å². The summed E-state index contributed by atoms with van der Waals surface area (Å²) in [5, 5.41) is 0. The molecule has 2 N–H and O–H groups in total. The van der Waals surface area contributed by atoms with Crippen molar-refractivity contribution in [2.45, 2.75) is 13.5 Å². The van der Waals surface area contributed by atoms with Gasteiger partial charge in [-0.1, -0.05) is 30.3 Å². The Labute approximate surface area is 124 Å². The van der Waals surface area contributed by atoms with Crippen molar-refractivity contribution >= 4 is 12.1 Å². The van der Waals surface area contributed by atoms with Crippen molar-refractivity contribution < 1.29 is 14.3 Å². The molecule has 0 aliphatic heterocycles. The van der Waals surface area contributed by atoms with Gasteiger partial charge in [-0.05, 0) is 36.8 Å². The fourth-order valence-corrected chi connectivity index (χ4v) is 1.38. The van der Waals surface area contributed by atoms with Crippen LogP contribution in [0.4, 0.5) is 0 Å². The number of hydrogen-bond acceptors (Lipinski definition) is 4. The number of carbonyl (C=O) groups is 2. The normalized spacial score (nSPS) is 9.24. The molecule has 0 fully saturated rings. The van der Waals surface area contributed by atoms with Gasteiger partial charge in [0.1, 0.15) is 24.4 Å². The molecule has 0 bridgehead atoms. The van der Waals surface area contributed by atoms with Gasteiger partial charge in [0.2, 0.25) is 0 Å². The topological polar surface area (TPSA) is 69.4 Å². The Kier molecular flexibility index (Phi) is 7.46. The van der Waals surface area contributed by atoms with E-state index in [4.69, 9.17) is 10.5 Å². The molecule has 4 nitrogen and oxygen atoms in total. The van der Waals surface area contributed by atoms with Crippen molar-refractivity contribution in [3.05, 3.63) is 65.7 Å². The molecule has 0 spiro atoms. The zero-order chi connectivity index (χ0) is 15.5. The quantitative estimate of drug-likeness (QED) is 0.857. The maximum Gasteiger partial charge on any atom is 0.150 e. The van der Waals surface area contributed by atoms with Crippen LogP contribution in [0.1, 0.15) is 22.8 Å². The van der Waals surface area contributed by atoms with Crippen LogP contribution < -0.4 is 10.5 Å². The first-order valence-corrected chi connectivity index (χ1v) is 6.57. The van der Waals surface area contributed by atoms with Gasteiger partial charge in [-0.25, -0.2) is 0 Å². The Morgan fingerprint density at radius 3 is 2.14 bits per heavy atom. The smallest absolute Gasteiger partial charge is 0.150 e. The highest BCUT2D eigenvalue weighted by atomic mass is 16.5. The third kappa shape index (κ3) is 7.03. The second kappa shape index (κ2) is 9.44. The van der Waals surface area contributed by atoms with Crippen molar-refractivity contribution in [1.29, 1.82) is 0 Å². The van der Waals surface area contributed by atoms with Gasteiger partial charge in [-0.3, -0.25) is 9.59 Å². The molecule has 2 aromatic rings. The van der Waals surface area contributed by atoms with Gasteiger partial charge < -0.3 is 10.5 Å². The number of aldehydes is 1. The van der Waals surface area contributed by atoms with E-state index < -0.39 is 0 Å². The highest BCUT2D eigenvalue weighted by Crippen LogP contribution is 2.13. The van der Waals surface area contributed by atoms with E-state index in [1.807, 2.05) is 30.3 Å². The first kappa shape index (κ1) is 16.6. The van der Waals surface area contributed by atoms with E-state index >= 15 is 0 Å². The molecular weight excluding hydrogens is 266 g/mol. The van der Waals surface area contributed by atoms with Crippen molar-refractivity contribution in [2.75, 3.05) is 6.54 Å². The summed E-state index contributed by atoms with van der Waals surface area (Å²) in [5.74, 6) is 0.805. The number of Topliss-reactive ketones (excluding diaryl/α,β-unsaturated/α-hetero) is 1. The molecule has 0 radical (unpaired) electrons. The Morgan fingerprint density at radius 2 is 1.67 bits per heavy atom. The van der Waals surface area contributed by atoms with E-state index in [2.05, 4.69) is 0 Å². The maximum atomic E-state index is 10.5. The summed E-state index contributed by atoms with van der Waals surface area (Å²) in [6.45, 7) is 2.17. The van der Waals surface area contributed by atoms with Gasteiger partial charge in [-0.2, -0.15) is 0 Å². The predicted molar refractivity (Wildman–Crippen MR) is 82.3 cm³/mol. The number of ether oxygens (including phenoxy) is 1. The molecule has 0 atom stereocenters. The first-order valence-electron chi connectivity index (χ1n) is 6.57. The lowest BCUT2D eigenvalue weighted by atomic mass is 10.2. The Morgan fingerprint density at radius 1 is 1.10 bits per heavy atom. The van der Waals surface area contributed by atoms with E-state index in [1.165, 1.54) is 6.92 Å². The molecule has 0 aliphatic rings. The van der Waals surface area contributed by atoms with Gasteiger partial charge in [-0.15, -0.1) is 0 Å². The molecule has 0 aliphatic carbocycles. The number of ketones is 1. The molecule has 2 aromatic carbocycles. The van der Waals surface area contributed by atoms with E-state index in [-0.39, 0.29) is 12.3 Å². The molecule has 0 aromatic heterocycles. The van der Waals surface area contributed by atoms with E-state index in [0.29, 0.717) is 12.2 Å². The fourth-order valence-electron chi connectivity index (χ4n) is 1.38. The molecule has 0 amide bonds. The maximum absolute atomic E-state index is 10.5. The van der Waals surface area contributed by atoms with Crippen LogP contribution in [0.2, 0.25) is 0 Å². The SMILES string of the molecule is CC(=O)CN.O=Cc1ccc(OCc2ccccc2)cc1. The summed E-state index contributed by atoms with van der Waals surface area (Å²) in [4.78, 5) is 20.1. The van der Waals surface area contributed by atoms with Crippen LogP contribution in [0.15, 0.2) is 54.6 Å². The zero-order valence-electron chi connectivity index (χ0n) is 12.0. The molecular formula is C17H19NO3. The Balaban J connectivity index is 0.000000383. The molecule has 21 heavy (non-hydrogen) atoms. The minimum absolute atomic E-state index is 0.0324. The number of nitrogens with two attached hydrogens (primary N) is 1. The van der Waals surface area contributed by atoms with Gasteiger partial charge in [0, 0.05) is 5.56 Å². The predicted octanol–water partition coefficient (Wildman–Crippen LogP) is 2.61. The van der Waals surface area contributed by atoms with Gasteiger partial charge >= 0.3 is 0 Å². The third-order valence-electron chi connectivity index (χ3n) is 2.55. The molecule has 0 saturated heterocycles. The monoisotopic (exact) mass is 285 g/mol. The summed E-state index contributed by atoms with van der Waals surface area (Å²) in [5.41, 5.74) is 6.61. The molecule has 0 unspecified atom stereocenters. The van der Waals surface area contributed by atoms with Gasteiger partial charge in [0.25, 0.3) is 0 Å². The van der Waals surface area contributed by atoms with Crippen molar-refractivity contribution in [2.24, 2.45) is 5.73 Å². The van der Waals surface area contributed by atoms with Crippen LogP contribution in [0.5, 0.6) is 5.75 Å². The lowest BCUT2D eigenvalue weighted by molar-refractivity contribution is -0.115. The molecule has 0 heterocycles. The summed E-state index contributed by atoms with van der Waals surface area (Å²) >= 11 is 0. The van der Waals surface area contributed by atoms with E-state index in [9.17, 15) is 9.59 Å². The number of rotatable bonds is 5. The first-order chi connectivity index (χ1) is 10.2. The average molecular weight is 285 g/mol. The van der Waals surface area contributed by atoms with Crippen LogP contribution in [0, 0.1) is 0 Å². The summed E-state index contributed by atoms with van der Waals surface area (Å²) < 4.78 is 5.58. The average Bonchev–Trinajstić information content (AvgIpc) is 2.55. The summed E-state index contributed by atoms with van der Waals surface area (Å²) in [6.07, 6.45) is 0.820. The zero-order valence-corrected chi connectivity index (χ0v) is 12.0. The fraction of sp³-hybridized carbons (Fsp3) is 0.176. The summed E-state index contributed by atoms with van der Waals surface area (Å²) in [7, 11) is 0. The largest absolute Gasteiger partial charge is 0.489 e. The molecule has 110 valence electrons. The molecule has 0 saturated carbocycles. The second-order valence-electron chi connectivity index (χ2n) is 4.37. The van der Waals surface area contributed by atoms with Gasteiger partial charge in [0.15, 0.2) is 0 Å². The van der Waals surface area contributed by atoms with Crippen LogP contribution in [0.3, 0.4) is 0 Å². The van der Waals surface area contributed by atoms with Gasteiger partial charge in [0.05, 0.1) is 6.54 Å². The molecule has 2 rings (SSSR count). The van der Waals surface area contributed by atoms with Crippen LogP contribution in [-0.4, -0.2) is 18.6 Å². The lowest BCUT2D eigenvalue weighted by Crippen LogP contribution is -2.07. The number of carbonyl (C=O) groups excluding carboxylic acids is 2. The highest BCUT2D eigenvalue weighted by Gasteiger charge is 1.95. The van der Waals surface area contributed by atoms with E-state index in [1.54, 1.807) is 24.3 Å². The lowest BCUT2D eigenvalue weighted by Gasteiger charge is -2.05. The second-order valence-corrected chi connectivity index (χ2v) is 4.37. The third-order valence-corrected chi connectivity index (χ3v) is 2.55. The minimum atomic E-state index is 0.0324. The standard InChI is InChI=1S/C14H12O2.C3H7NO/c15-10-12-6-8-14(9-7-12)16-11-13-4-2-1-3-5-13;1-3(5)2-4/h1-10H,11H2;2,4H2,1H3. The molecule has 4 heteroatoms. The summed E-state index contributed by atoms with van der Waals surface area (Å²) in [6, 6.07) is 17.0. The number of benzene rings is 2. The van der Waals surface area contributed by atoms with Crippen LogP contribution in [0.25, 0.3) is 0 Å². The van der Waals surface area contributed by atoms with Crippen LogP contribution in [-0.2, 0) is 11.4 Å². The van der Waals surface area contributed by atoms with Crippen molar-refractivity contribution in [3.8, 4) is 5.75 Å². The van der Waals surface area contributed by atoms with Crippen LogP contribution >= 0.6 is 0 Å². The minimum Gasteiger partial charge on any atom is -0.489 e. The van der Waals surface area contributed by atoms with Crippen molar-refractivity contribution in [1.82, 2.24) is 0 Å². The highest BCUT2D eigenvalue weighted by molar-refractivity contribution is 5.77. The Bertz CT molecular complexity index is 550. The number of hydrogen-bond donors (Lipinski definition) is 1. The van der Waals surface area contributed by atoms with Crippen molar-refractivity contribution in [3.63, 3.8) is 0 Å². The Hall–Kier alpha value is -2.46.